The second-order valence-corrected chi connectivity index (χ2v) is 5.90. The average Bonchev–Trinajstić information content (AvgIpc) is 2.63. The Morgan fingerprint density at radius 3 is 2.42 bits per heavy atom. The second kappa shape index (κ2) is 6.97. The topological polar surface area (TPSA) is 46.9 Å². The summed E-state index contributed by atoms with van der Waals surface area (Å²) in [6, 6.07) is 15.7. The molecule has 3 rings (SSSR count). The normalized spacial score (nSPS) is 12.5. The number of aromatic nitrogens is 2. The maximum atomic E-state index is 13.1. The number of nitrogens with one attached hydrogen (secondary N) is 1. The van der Waals surface area contributed by atoms with E-state index in [0.717, 1.165) is 29.9 Å². The fraction of sp³-hybridized carbons (Fsp3) is 0.300. The van der Waals surface area contributed by atoms with Crippen molar-refractivity contribution in [3.8, 4) is 5.69 Å². The van der Waals surface area contributed by atoms with Gasteiger partial charge in [-0.3, -0.25) is 9.36 Å². The molecule has 0 saturated heterocycles. The summed E-state index contributed by atoms with van der Waals surface area (Å²) in [5, 5.41) is 3.92. The van der Waals surface area contributed by atoms with Crippen LogP contribution in [0.15, 0.2) is 53.3 Å². The molecule has 0 radical (unpaired) electrons. The highest BCUT2D eigenvalue weighted by atomic mass is 16.1. The minimum atomic E-state index is -0.0199. The molecule has 2 aromatic carbocycles. The molecule has 0 aliphatic heterocycles. The molecule has 0 amide bonds. The molecule has 1 atom stereocenters. The molecule has 0 unspecified atom stereocenters. The Morgan fingerprint density at radius 2 is 1.79 bits per heavy atom. The number of fused-ring (bicyclic) bond motifs is 1. The van der Waals surface area contributed by atoms with Crippen LogP contribution in [0.4, 0.5) is 0 Å². The quantitative estimate of drug-likeness (QED) is 0.781. The first kappa shape index (κ1) is 16.4. The van der Waals surface area contributed by atoms with E-state index in [0.29, 0.717) is 5.39 Å². The number of benzene rings is 2. The van der Waals surface area contributed by atoms with Crippen LogP contribution in [-0.2, 0) is 6.42 Å². The van der Waals surface area contributed by atoms with Crippen LogP contribution < -0.4 is 10.9 Å². The number of aryl methyl sites for hydroxylation is 1. The predicted molar refractivity (Wildman–Crippen MR) is 98.8 cm³/mol. The van der Waals surface area contributed by atoms with Gasteiger partial charge < -0.3 is 5.32 Å². The molecule has 1 N–H and O–H groups in total. The molecule has 4 nitrogen and oxygen atoms in total. The minimum Gasteiger partial charge on any atom is -0.310 e. The Labute approximate surface area is 142 Å². The van der Waals surface area contributed by atoms with Gasteiger partial charge in [0.05, 0.1) is 22.6 Å². The molecule has 0 saturated carbocycles. The van der Waals surface area contributed by atoms with Crippen LogP contribution in [0.3, 0.4) is 0 Å². The summed E-state index contributed by atoms with van der Waals surface area (Å²) in [6.07, 6.45) is 1.83. The van der Waals surface area contributed by atoms with Crippen LogP contribution in [0, 0.1) is 0 Å². The predicted octanol–water partition coefficient (Wildman–Crippen LogP) is 3.62. The highest BCUT2D eigenvalue weighted by Crippen LogP contribution is 2.20. The number of nitrogens with zero attached hydrogens (tertiary/aromatic N) is 2. The van der Waals surface area contributed by atoms with Gasteiger partial charge in [-0.15, -0.1) is 0 Å². The Balaban J connectivity index is 2.31. The molecule has 1 aromatic heterocycles. The Morgan fingerprint density at radius 1 is 1.08 bits per heavy atom. The summed E-state index contributed by atoms with van der Waals surface area (Å²) >= 11 is 0. The first-order valence-electron chi connectivity index (χ1n) is 8.47. The lowest BCUT2D eigenvalue weighted by atomic mass is 10.1. The third-order valence-electron chi connectivity index (χ3n) is 4.47. The molecule has 24 heavy (non-hydrogen) atoms. The summed E-state index contributed by atoms with van der Waals surface area (Å²) in [4.78, 5) is 17.9. The smallest absolute Gasteiger partial charge is 0.266 e. The Kier molecular flexibility index (Phi) is 4.76. The minimum absolute atomic E-state index is 0.0199. The van der Waals surface area contributed by atoms with Crippen molar-refractivity contribution >= 4 is 10.9 Å². The Hall–Kier alpha value is -2.46. The monoisotopic (exact) mass is 321 g/mol. The average molecular weight is 321 g/mol. The van der Waals surface area contributed by atoms with Crippen molar-refractivity contribution in [3.05, 3.63) is 70.3 Å². The van der Waals surface area contributed by atoms with E-state index in [2.05, 4.69) is 31.3 Å². The molecule has 1 heterocycles. The number of rotatable bonds is 5. The van der Waals surface area contributed by atoms with Crippen LogP contribution in [0.1, 0.15) is 37.7 Å². The standard InChI is InChI=1S/C20H23N3O/c1-4-14-10-12-15(13-11-14)23-19(17(5-2)21-3)22-18-9-7-6-8-16(18)20(23)24/h6-13,17,21H,4-5H2,1-3H3/t17-/m0/s1. The van der Waals surface area contributed by atoms with E-state index in [9.17, 15) is 4.79 Å². The third kappa shape index (κ3) is 2.85. The van der Waals surface area contributed by atoms with E-state index < -0.39 is 0 Å². The highest BCUT2D eigenvalue weighted by molar-refractivity contribution is 5.77. The van der Waals surface area contributed by atoms with Gasteiger partial charge in [-0.2, -0.15) is 0 Å². The zero-order chi connectivity index (χ0) is 17.1. The first-order valence-corrected chi connectivity index (χ1v) is 8.47. The van der Waals surface area contributed by atoms with Crippen molar-refractivity contribution in [2.24, 2.45) is 0 Å². The molecular weight excluding hydrogens is 298 g/mol. The van der Waals surface area contributed by atoms with Crippen LogP contribution in [0.2, 0.25) is 0 Å². The summed E-state index contributed by atoms with van der Waals surface area (Å²) in [5.41, 5.74) is 2.84. The summed E-state index contributed by atoms with van der Waals surface area (Å²) < 4.78 is 1.74. The largest absolute Gasteiger partial charge is 0.310 e. The van der Waals surface area contributed by atoms with Gasteiger partial charge in [-0.1, -0.05) is 38.1 Å². The summed E-state index contributed by atoms with van der Waals surface area (Å²) in [5.74, 6) is 0.757. The van der Waals surface area contributed by atoms with Gasteiger partial charge in [0.1, 0.15) is 5.82 Å². The number of para-hydroxylation sites is 1. The van der Waals surface area contributed by atoms with Crippen LogP contribution in [0.5, 0.6) is 0 Å². The van der Waals surface area contributed by atoms with Gasteiger partial charge in [-0.25, -0.2) is 4.98 Å². The molecule has 0 aliphatic rings. The molecule has 0 bridgehead atoms. The maximum Gasteiger partial charge on any atom is 0.266 e. The maximum absolute atomic E-state index is 13.1. The van der Waals surface area contributed by atoms with Crippen LogP contribution in [0.25, 0.3) is 16.6 Å². The number of hydrogen-bond acceptors (Lipinski definition) is 3. The van der Waals surface area contributed by atoms with Crippen molar-refractivity contribution in [1.82, 2.24) is 14.9 Å². The molecule has 4 heteroatoms. The SMILES string of the molecule is CCc1ccc(-n2c([C@H](CC)NC)nc3ccccc3c2=O)cc1. The van der Waals surface area contributed by atoms with Crippen molar-refractivity contribution in [3.63, 3.8) is 0 Å². The second-order valence-electron chi connectivity index (χ2n) is 5.90. The van der Waals surface area contributed by atoms with Gasteiger partial charge in [0, 0.05) is 0 Å². The van der Waals surface area contributed by atoms with Crippen molar-refractivity contribution in [1.29, 1.82) is 0 Å². The van der Waals surface area contributed by atoms with E-state index in [1.807, 2.05) is 43.4 Å². The van der Waals surface area contributed by atoms with E-state index in [1.165, 1.54) is 5.56 Å². The Bertz CT molecular complexity index is 893. The summed E-state index contributed by atoms with van der Waals surface area (Å²) in [6.45, 7) is 4.21. The zero-order valence-corrected chi connectivity index (χ0v) is 14.4. The van der Waals surface area contributed by atoms with Crippen LogP contribution in [-0.4, -0.2) is 16.6 Å². The molecular formula is C20H23N3O. The van der Waals surface area contributed by atoms with Gasteiger partial charge >= 0.3 is 0 Å². The van der Waals surface area contributed by atoms with Gasteiger partial charge in [0.2, 0.25) is 0 Å². The van der Waals surface area contributed by atoms with Gasteiger partial charge in [0.15, 0.2) is 0 Å². The third-order valence-corrected chi connectivity index (χ3v) is 4.47. The van der Waals surface area contributed by atoms with Gasteiger partial charge in [-0.05, 0) is 49.7 Å². The lowest BCUT2D eigenvalue weighted by Crippen LogP contribution is -2.29. The van der Waals surface area contributed by atoms with Gasteiger partial charge in [0.25, 0.3) is 5.56 Å². The molecule has 124 valence electrons. The molecule has 0 spiro atoms. The number of hydrogen-bond donors (Lipinski definition) is 1. The fourth-order valence-electron chi connectivity index (χ4n) is 3.03. The van der Waals surface area contributed by atoms with E-state index >= 15 is 0 Å². The lowest BCUT2D eigenvalue weighted by Gasteiger charge is -2.20. The van der Waals surface area contributed by atoms with E-state index in [-0.39, 0.29) is 11.6 Å². The molecule has 0 fully saturated rings. The van der Waals surface area contributed by atoms with E-state index in [4.69, 9.17) is 4.98 Å². The van der Waals surface area contributed by atoms with Crippen molar-refractivity contribution < 1.29 is 0 Å². The molecule has 0 aliphatic carbocycles. The van der Waals surface area contributed by atoms with E-state index in [1.54, 1.807) is 4.57 Å². The van der Waals surface area contributed by atoms with Crippen LogP contribution >= 0.6 is 0 Å². The zero-order valence-electron chi connectivity index (χ0n) is 14.4. The molecule has 3 aromatic rings. The van der Waals surface area contributed by atoms with Crippen molar-refractivity contribution in [2.75, 3.05) is 7.05 Å². The highest BCUT2D eigenvalue weighted by Gasteiger charge is 2.18. The fourth-order valence-corrected chi connectivity index (χ4v) is 3.03. The van der Waals surface area contributed by atoms with Crippen molar-refractivity contribution in [2.45, 2.75) is 32.7 Å². The lowest BCUT2D eigenvalue weighted by molar-refractivity contribution is 0.529. The summed E-state index contributed by atoms with van der Waals surface area (Å²) in [7, 11) is 1.90. The first-order chi connectivity index (χ1) is 11.7.